The predicted octanol–water partition coefficient (Wildman–Crippen LogP) is 2.47. The number of aryl methyl sites for hydroxylation is 1. The number of aromatic nitrogens is 3. The van der Waals surface area contributed by atoms with Crippen molar-refractivity contribution in [3.05, 3.63) is 71.0 Å². The predicted molar refractivity (Wildman–Crippen MR) is 95.9 cm³/mol. The third-order valence-electron chi connectivity index (χ3n) is 4.41. The monoisotopic (exact) mass is 333 g/mol. The van der Waals surface area contributed by atoms with E-state index in [1.54, 1.807) is 4.68 Å². The Morgan fingerprint density at radius 3 is 3.00 bits per heavy atom. The second-order valence-electron chi connectivity index (χ2n) is 6.17. The second kappa shape index (κ2) is 6.39. The number of benzene rings is 2. The highest BCUT2D eigenvalue weighted by molar-refractivity contribution is 5.97. The summed E-state index contributed by atoms with van der Waals surface area (Å²) in [5.74, 6) is -0.00426. The Morgan fingerprint density at radius 2 is 2.12 bits per heavy atom. The van der Waals surface area contributed by atoms with Crippen molar-refractivity contribution in [2.45, 2.75) is 19.9 Å². The molecule has 2 heterocycles. The van der Waals surface area contributed by atoms with Crippen molar-refractivity contribution < 1.29 is 4.79 Å². The van der Waals surface area contributed by atoms with Gasteiger partial charge in [0.15, 0.2) is 0 Å². The molecule has 126 valence electrons. The van der Waals surface area contributed by atoms with Crippen LogP contribution in [0.15, 0.2) is 48.7 Å². The highest BCUT2D eigenvalue weighted by atomic mass is 16.1. The van der Waals surface area contributed by atoms with E-state index in [4.69, 9.17) is 0 Å². The fraction of sp³-hybridized carbons (Fsp3) is 0.211. The van der Waals surface area contributed by atoms with E-state index in [9.17, 15) is 4.79 Å². The Kier molecular flexibility index (Phi) is 3.93. The minimum Gasteiger partial charge on any atom is -0.379 e. The van der Waals surface area contributed by atoms with Crippen LogP contribution >= 0.6 is 0 Å². The molecular formula is C19H19N5O. The van der Waals surface area contributed by atoms with E-state index >= 15 is 0 Å². The molecule has 1 aliphatic heterocycles. The first kappa shape index (κ1) is 15.4. The standard InChI is InChI=1S/C19H19N5O/c1-13-4-2-3-5-18(13)24-12-16(22-23-24)11-21-15-7-6-14-8-9-20-19(25)17(14)10-15/h2-7,10,12,21H,8-9,11H2,1H3,(H,20,25). The maximum Gasteiger partial charge on any atom is 0.251 e. The molecule has 0 saturated carbocycles. The SMILES string of the molecule is Cc1ccccc1-n1cc(CNc2ccc3c(c2)C(=O)NCC3)nn1. The van der Waals surface area contributed by atoms with Crippen LogP contribution < -0.4 is 10.6 Å². The number of hydrogen-bond donors (Lipinski definition) is 2. The normalized spacial score (nSPS) is 13.2. The van der Waals surface area contributed by atoms with Gasteiger partial charge in [0, 0.05) is 17.8 Å². The number of nitrogens with zero attached hydrogens (tertiary/aromatic N) is 3. The van der Waals surface area contributed by atoms with Crippen molar-refractivity contribution in [2.75, 3.05) is 11.9 Å². The summed E-state index contributed by atoms with van der Waals surface area (Å²) in [6, 6.07) is 14.0. The smallest absolute Gasteiger partial charge is 0.251 e. The third kappa shape index (κ3) is 3.10. The molecular weight excluding hydrogens is 314 g/mol. The van der Waals surface area contributed by atoms with Gasteiger partial charge >= 0.3 is 0 Å². The van der Waals surface area contributed by atoms with E-state index in [1.165, 1.54) is 0 Å². The molecule has 0 bridgehead atoms. The van der Waals surface area contributed by atoms with Gasteiger partial charge in [-0.1, -0.05) is 29.5 Å². The molecule has 1 amide bonds. The fourth-order valence-electron chi connectivity index (χ4n) is 3.03. The maximum atomic E-state index is 11.9. The van der Waals surface area contributed by atoms with Gasteiger partial charge in [0.1, 0.15) is 5.69 Å². The van der Waals surface area contributed by atoms with Crippen LogP contribution in [0.5, 0.6) is 0 Å². The van der Waals surface area contributed by atoms with Crippen LogP contribution in [-0.4, -0.2) is 27.4 Å². The van der Waals surface area contributed by atoms with Gasteiger partial charge in [-0.3, -0.25) is 4.79 Å². The van der Waals surface area contributed by atoms with Crippen molar-refractivity contribution >= 4 is 11.6 Å². The van der Waals surface area contributed by atoms with Gasteiger partial charge in [-0.15, -0.1) is 5.10 Å². The van der Waals surface area contributed by atoms with Gasteiger partial charge in [0.2, 0.25) is 0 Å². The third-order valence-corrected chi connectivity index (χ3v) is 4.41. The minimum absolute atomic E-state index is 0.00426. The van der Waals surface area contributed by atoms with Gasteiger partial charge in [-0.25, -0.2) is 4.68 Å². The molecule has 25 heavy (non-hydrogen) atoms. The Labute approximate surface area is 145 Å². The second-order valence-corrected chi connectivity index (χ2v) is 6.17. The molecule has 0 radical (unpaired) electrons. The van der Waals surface area contributed by atoms with Gasteiger partial charge < -0.3 is 10.6 Å². The van der Waals surface area contributed by atoms with E-state index in [0.717, 1.165) is 40.2 Å². The van der Waals surface area contributed by atoms with Crippen LogP contribution in [0.4, 0.5) is 5.69 Å². The molecule has 6 nitrogen and oxygen atoms in total. The highest BCUT2D eigenvalue weighted by Crippen LogP contribution is 2.19. The van der Waals surface area contributed by atoms with E-state index in [-0.39, 0.29) is 5.91 Å². The number of nitrogens with one attached hydrogen (secondary N) is 2. The molecule has 0 spiro atoms. The summed E-state index contributed by atoms with van der Waals surface area (Å²) in [7, 11) is 0. The Hall–Kier alpha value is -3.15. The molecule has 4 rings (SSSR count). The highest BCUT2D eigenvalue weighted by Gasteiger charge is 2.16. The van der Waals surface area contributed by atoms with Crippen LogP contribution in [0.2, 0.25) is 0 Å². The topological polar surface area (TPSA) is 71.8 Å². The summed E-state index contributed by atoms with van der Waals surface area (Å²) >= 11 is 0. The molecule has 0 fully saturated rings. The lowest BCUT2D eigenvalue weighted by Gasteiger charge is -2.17. The number of para-hydroxylation sites is 1. The zero-order chi connectivity index (χ0) is 17.2. The Bertz CT molecular complexity index is 931. The molecule has 2 N–H and O–H groups in total. The number of amides is 1. The molecule has 6 heteroatoms. The van der Waals surface area contributed by atoms with Gasteiger partial charge in [0.05, 0.1) is 18.4 Å². The van der Waals surface area contributed by atoms with Crippen molar-refractivity contribution in [2.24, 2.45) is 0 Å². The summed E-state index contributed by atoms with van der Waals surface area (Å²) in [6.45, 7) is 3.31. The first-order chi connectivity index (χ1) is 12.2. The van der Waals surface area contributed by atoms with Crippen LogP contribution in [0.1, 0.15) is 27.2 Å². The number of hydrogen-bond acceptors (Lipinski definition) is 4. The number of carbonyl (C=O) groups excluding carboxylic acids is 1. The van der Waals surface area contributed by atoms with Gasteiger partial charge in [-0.2, -0.15) is 0 Å². The lowest BCUT2D eigenvalue weighted by atomic mass is 10.00. The fourth-order valence-corrected chi connectivity index (χ4v) is 3.03. The lowest BCUT2D eigenvalue weighted by molar-refractivity contribution is 0.0946. The van der Waals surface area contributed by atoms with E-state index in [0.29, 0.717) is 13.1 Å². The van der Waals surface area contributed by atoms with Crippen LogP contribution in [-0.2, 0) is 13.0 Å². The zero-order valence-electron chi connectivity index (χ0n) is 14.0. The average Bonchev–Trinajstić information content (AvgIpc) is 3.10. The van der Waals surface area contributed by atoms with E-state index in [1.807, 2.05) is 55.6 Å². The van der Waals surface area contributed by atoms with Gasteiger partial charge in [0.25, 0.3) is 5.91 Å². The lowest BCUT2D eigenvalue weighted by Crippen LogP contribution is -2.31. The largest absolute Gasteiger partial charge is 0.379 e. The first-order valence-electron chi connectivity index (χ1n) is 8.33. The molecule has 2 aromatic carbocycles. The quantitative estimate of drug-likeness (QED) is 0.769. The number of rotatable bonds is 4. The van der Waals surface area contributed by atoms with Crippen molar-refractivity contribution in [1.82, 2.24) is 20.3 Å². The maximum absolute atomic E-state index is 11.9. The van der Waals surface area contributed by atoms with Crippen molar-refractivity contribution in [1.29, 1.82) is 0 Å². The number of carbonyl (C=O) groups is 1. The summed E-state index contributed by atoms with van der Waals surface area (Å²) in [5.41, 5.74) is 5.76. The zero-order valence-corrected chi connectivity index (χ0v) is 14.0. The number of fused-ring (bicyclic) bond motifs is 1. The van der Waals surface area contributed by atoms with Crippen LogP contribution in [0.25, 0.3) is 5.69 Å². The molecule has 0 atom stereocenters. The van der Waals surface area contributed by atoms with E-state index in [2.05, 4.69) is 20.9 Å². The van der Waals surface area contributed by atoms with Crippen LogP contribution in [0, 0.1) is 6.92 Å². The molecule has 3 aromatic rings. The molecule has 0 unspecified atom stereocenters. The average molecular weight is 333 g/mol. The minimum atomic E-state index is -0.00426. The Balaban J connectivity index is 1.48. The summed E-state index contributed by atoms with van der Waals surface area (Å²) < 4.78 is 1.78. The summed E-state index contributed by atoms with van der Waals surface area (Å²) in [4.78, 5) is 11.9. The van der Waals surface area contributed by atoms with Crippen molar-refractivity contribution in [3.8, 4) is 5.69 Å². The number of anilines is 1. The van der Waals surface area contributed by atoms with Crippen molar-refractivity contribution in [3.63, 3.8) is 0 Å². The summed E-state index contributed by atoms with van der Waals surface area (Å²) in [5, 5.41) is 14.6. The van der Waals surface area contributed by atoms with Gasteiger partial charge in [-0.05, 0) is 42.7 Å². The molecule has 0 aliphatic carbocycles. The first-order valence-corrected chi connectivity index (χ1v) is 8.33. The van der Waals surface area contributed by atoms with E-state index < -0.39 is 0 Å². The van der Waals surface area contributed by atoms with Crippen LogP contribution in [0.3, 0.4) is 0 Å². The molecule has 0 saturated heterocycles. The Morgan fingerprint density at radius 1 is 1.24 bits per heavy atom. The molecule has 1 aromatic heterocycles. The summed E-state index contributed by atoms with van der Waals surface area (Å²) in [6.07, 6.45) is 2.80. The molecule has 1 aliphatic rings.